The van der Waals surface area contributed by atoms with Gasteiger partial charge in [-0.3, -0.25) is 0 Å². The molecule has 160 valence electrons. The van der Waals surface area contributed by atoms with E-state index in [1.165, 1.54) is 0 Å². The predicted octanol–water partition coefficient (Wildman–Crippen LogP) is 2.57. The van der Waals surface area contributed by atoms with E-state index in [-0.39, 0.29) is 6.04 Å². The molecule has 1 fully saturated rings. The molecule has 1 saturated heterocycles. The zero-order chi connectivity index (χ0) is 22.1. The van der Waals surface area contributed by atoms with Crippen LogP contribution in [0.5, 0.6) is 0 Å². The Morgan fingerprint density at radius 3 is 2.69 bits per heavy atom. The van der Waals surface area contributed by atoms with Gasteiger partial charge in [-0.15, -0.1) is 0 Å². The van der Waals surface area contributed by atoms with E-state index < -0.39 is 0 Å². The van der Waals surface area contributed by atoms with E-state index in [1.54, 1.807) is 31.0 Å². The highest BCUT2D eigenvalue weighted by Crippen LogP contribution is 2.28. The molecule has 0 saturated carbocycles. The highest BCUT2D eigenvalue weighted by molar-refractivity contribution is 5.86. The first kappa shape index (κ1) is 19.8. The van der Waals surface area contributed by atoms with Crippen molar-refractivity contribution < 1.29 is 0 Å². The van der Waals surface area contributed by atoms with Crippen LogP contribution in [-0.4, -0.2) is 53.6 Å². The fraction of sp³-hybridized carbons (Fsp3) is 0.318. The van der Waals surface area contributed by atoms with Crippen LogP contribution in [0.3, 0.4) is 0 Å². The second-order valence-electron chi connectivity index (χ2n) is 7.69. The van der Waals surface area contributed by atoms with Crippen LogP contribution in [0.4, 0.5) is 11.6 Å². The van der Waals surface area contributed by atoms with E-state index in [2.05, 4.69) is 52.7 Å². The molecule has 4 aromatic rings. The Morgan fingerprint density at radius 2 is 1.97 bits per heavy atom. The van der Waals surface area contributed by atoms with Crippen molar-refractivity contribution in [1.29, 1.82) is 5.26 Å². The number of nitrogens with zero attached hydrogens (tertiary/aromatic N) is 9. The maximum Gasteiger partial charge on any atom is 0.165 e. The number of hydrogen-bond donors (Lipinski definition) is 1. The first-order valence-electron chi connectivity index (χ1n) is 10.5. The molecule has 0 aromatic carbocycles. The Morgan fingerprint density at radius 1 is 1.12 bits per heavy atom. The Labute approximate surface area is 185 Å². The second kappa shape index (κ2) is 8.19. The van der Waals surface area contributed by atoms with Crippen molar-refractivity contribution in [3.63, 3.8) is 0 Å². The third-order valence-corrected chi connectivity index (χ3v) is 5.62. The van der Waals surface area contributed by atoms with Gasteiger partial charge in [0.15, 0.2) is 17.0 Å². The van der Waals surface area contributed by atoms with E-state index in [1.807, 2.05) is 13.0 Å². The number of nitriles is 1. The summed E-state index contributed by atoms with van der Waals surface area (Å²) in [5, 5.41) is 12.5. The molecule has 0 unspecified atom stereocenters. The standard InChI is InChI=1S/C22H22N10/c1-3-32-21(16-10-24-14(2)25-11-16)30-19-20(27-13-28-22(19)32)29-17-6-7-31(12-17)18-5-4-15(8-23)9-26-18/h4-5,9-11,13,17H,3,6-7,12H2,1-2H3,(H,27,28,29)/t17-/m0/s1. The van der Waals surface area contributed by atoms with Crippen LogP contribution < -0.4 is 10.2 Å². The third-order valence-electron chi connectivity index (χ3n) is 5.62. The molecule has 0 bridgehead atoms. The average Bonchev–Trinajstić information content (AvgIpc) is 3.45. The molecule has 1 atom stereocenters. The molecule has 10 heteroatoms. The van der Waals surface area contributed by atoms with Crippen molar-refractivity contribution in [2.45, 2.75) is 32.9 Å². The van der Waals surface area contributed by atoms with Gasteiger partial charge >= 0.3 is 0 Å². The Hall–Kier alpha value is -4.13. The number of anilines is 2. The topological polar surface area (TPSA) is 121 Å². The summed E-state index contributed by atoms with van der Waals surface area (Å²) in [4.78, 5) is 29.1. The summed E-state index contributed by atoms with van der Waals surface area (Å²) in [6.07, 6.45) is 7.70. The van der Waals surface area contributed by atoms with Gasteiger partial charge in [0.1, 0.15) is 29.9 Å². The SMILES string of the molecule is CCn1c(-c2cnc(C)nc2)nc2c(N[C@H]3CCN(c4ccc(C#N)cn4)C3)ncnc21. The van der Waals surface area contributed by atoms with Crippen LogP contribution in [0.2, 0.25) is 0 Å². The van der Waals surface area contributed by atoms with Gasteiger partial charge in [-0.1, -0.05) is 0 Å². The highest BCUT2D eigenvalue weighted by atomic mass is 15.2. The number of aryl methyl sites for hydroxylation is 2. The average molecular weight is 426 g/mol. The van der Waals surface area contributed by atoms with E-state index in [0.29, 0.717) is 5.56 Å². The molecule has 0 spiro atoms. The van der Waals surface area contributed by atoms with Gasteiger partial charge in [-0.05, 0) is 32.4 Å². The fourth-order valence-electron chi connectivity index (χ4n) is 3.99. The normalized spacial score (nSPS) is 15.8. The summed E-state index contributed by atoms with van der Waals surface area (Å²) in [7, 11) is 0. The lowest BCUT2D eigenvalue weighted by atomic mass is 10.2. The maximum absolute atomic E-state index is 8.97. The molecule has 0 amide bonds. The maximum atomic E-state index is 8.97. The van der Waals surface area contributed by atoms with Crippen LogP contribution in [-0.2, 0) is 6.54 Å². The van der Waals surface area contributed by atoms with Crippen molar-refractivity contribution in [3.8, 4) is 17.5 Å². The summed E-state index contributed by atoms with van der Waals surface area (Å²) in [5.41, 5.74) is 2.93. The second-order valence-corrected chi connectivity index (χ2v) is 7.69. The minimum absolute atomic E-state index is 0.198. The summed E-state index contributed by atoms with van der Waals surface area (Å²) in [6.45, 7) is 6.31. The van der Waals surface area contributed by atoms with Gasteiger partial charge in [-0.25, -0.2) is 29.9 Å². The van der Waals surface area contributed by atoms with Gasteiger partial charge in [0.05, 0.1) is 11.1 Å². The van der Waals surface area contributed by atoms with Gasteiger partial charge in [0.25, 0.3) is 0 Å². The number of nitrogens with one attached hydrogen (secondary N) is 1. The summed E-state index contributed by atoms with van der Waals surface area (Å²) in [6, 6.07) is 5.99. The van der Waals surface area contributed by atoms with Crippen molar-refractivity contribution in [2.24, 2.45) is 0 Å². The minimum atomic E-state index is 0.198. The molecular formula is C22H22N10. The highest BCUT2D eigenvalue weighted by Gasteiger charge is 2.25. The largest absolute Gasteiger partial charge is 0.364 e. The lowest BCUT2D eigenvalue weighted by Crippen LogP contribution is -2.27. The van der Waals surface area contributed by atoms with Crippen LogP contribution in [0.1, 0.15) is 24.7 Å². The smallest absolute Gasteiger partial charge is 0.165 e. The van der Waals surface area contributed by atoms with E-state index in [9.17, 15) is 0 Å². The van der Waals surface area contributed by atoms with Crippen molar-refractivity contribution in [3.05, 3.63) is 48.4 Å². The first-order chi connectivity index (χ1) is 15.7. The van der Waals surface area contributed by atoms with Gasteiger partial charge in [0, 0.05) is 44.3 Å². The number of rotatable bonds is 5. The number of aromatic nitrogens is 7. The minimum Gasteiger partial charge on any atom is -0.364 e. The van der Waals surface area contributed by atoms with Crippen molar-refractivity contribution in [1.82, 2.24) is 34.5 Å². The number of pyridine rings is 1. The van der Waals surface area contributed by atoms with Gasteiger partial charge in [0.2, 0.25) is 0 Å². The number of hydrogen-bond acceptors (Lipinski definition) is 9. The van der Waals surface area contributed by atoms with Crippen LogP contribution in [0.25, 0.3) is 22.6 Å². The summed E-state index contributed by atoms with van der Waals surface area (Å²) in [5.74, 6) is 3.09. The molecule has 5 heterocycles. The third kappa shape index (κ3) is 3.58. The van der Waals surface area contributed by atoms with Crippen molar-refractivity contribution in [2.75, 3.05) is 23.3 Å². The van der Waals surface area contributed by atoms with Crippen LogP contribution >= 0.6 is 0 Å². The van der Waals surface area contributed by atoms with Crippen molar-refractivity contribution >= 4 is 22.8 Å². The fourth-order valence-corrected chi connectivity index (χ4v) is 3.99. The molecule has 1 N–H and O–H groups in total. The molecule has 0 aliphatic carbocycles. The van der Waals surface area contributed by atoms with E-state index in [0.717, 1.165) is 66.1 Å². The lowest BCUT2D eigenvalue weighted by Gasteiger charge is -2.18. The zero-order valence-corrected chi connectivity index (χ0v) is 17.9. The molecule has 0 radical (unpaired) electrons. The Kier molecular flexibility index (Phi) is 5.07. The lowest BCUT2D eigenvalue weighted by molar-refractivity contribution is 0.783. The molecule has 10 nitrogen and oxygen atoms in total. The predicted molar refractivity (Wildman–Crippen MR) is 120 cm³/mol. The summed E-state index contributed by atoms with van der Waals surface area (Å²) >= 11 is 0. The van der Waals surface area contributed by atoms with Crippen LogP contribution in [0.15, 0.2) is 37.1 Å². The van der Waals surface area contributed by atoms with Gasteiger partial charge < -0.3 is 14.8 Å². The van der Waals surface area contributed by atoms with Gasteiger partial charge in [-0.2, -0.15) is 5.26 Å². The van der Waals surface area contributed by atoms with Crippen LogP contribution in [0, 0.1) is 18.3 Å². The molecule has 5 rings (SSSR count). The van der Waals surface area contributed by atoms with E-state index >= 15 is 0 Å². The molecule has 1 aliphatic heterocycles. The molecular weight excluding hydrogens is 404 g/mol. The monoisotopic (exact) mass is 426 g/mol. The Balaban J connectivity index is 1.41. The molecule has 4 aromatic heterocycles. The zero-order valence-electron chi connectivity index (χ0n) is 17.9. The first-order valence-corrected chi connectivity index (χ1v) is 10.5. The van der Waals surface area contributed by atoms with E-state index in [4.69, 9.17) is 10.2 Å². The molecule has 32 heavy (non-hydrogen) atoms. The number of imidazole rings is 1. The Bertz CT molecular complexity index is 1290. The summed E-state index contributed by atoms with van der Waals surface area (Å²) < 4.78 is 2.05. The number of fused-ring (bicyclic) bond motifs is 1. The quantitative estimate of drug-likeness (QED) is 0.513. The molecule has 1 aliphatic rings.